The second-order valence-corrected chi connectivity index (χ2v) is 6.02. The third-order valence-corrected chi connectivity index (χ3v) is 4.46. The van der Waals surface area contributed by atoms with Crippen LogP contribution in [0.1, 0.15) is 5.69 Å². The molecule has 19 heavy (non-hydrogen) atoms. The van der Waals surface area contributed by atoms with E-state index >= 15 is 0 Å². The molecule has 3 rings (SSSR count). The lowest BCUT2D eigenvalue weighted by molar-refractivity contribution is 0.457. The van der Waals surface area contributed by atoms with Crippen molar-refractivity contribution in [3.05, 3.63) is 45.8 Å². The van der Waals surface area contributed by atoms with E-state index in [2.05, 4.69) is 36.8 Å². The van der Waals surface area contributed by atoms with Gasteiger partial charge in [0.2, 0.25) is 5.88 Å². The van der Waals surface area contributed by atoms with Gasteiger partial charge in [-0.1, -0.05) is 15.9 Å². The number of aromatic nitrogens is 2. The minimum Gasteiger partial charge on any atom is -0.436 e. The maximum atomic E-state index is 13.0. The summed E-state index contributed by atoms with van der Waals surface area (Å²) in [6.45, 7) is 0. The predicted octanol–water partition coefficient (Wildman–Crippen LogP) is 4.98. The van der Waals surface area contributed by atoms with Crippen molar-refractivity contribution in [2.24, 2.45) is 0 Å². The number of hydrogen-bond acceptors (Lipinski definition) is 3. The van der Waals surface area contributed by atoms with Crippen molar-refractivity contribution in [3.8, 4) is 11.6 Å². The van der Waals surface area contributed by atoms with Gasteiger partial charge in [-0.25, -0.2) is 4.39 Å². The summed E-state index contributed by atoms with van der Waals surface area (Å²) in [6.07, 6.45) is 1.94. The highest BCUT2D eigenvalue weighted by Gasteiger charge is 2.15. The van der Waals surface area contributed by atoms with Gasteiger partial charge in [-0.15, -0.1) is 11.3 Å². The molecule has 0 fully saturated rings. The number of rotatable bonds is 3. The molecule has 0 bridgehead atoms. The molecule has 7 heteroatoms. The van der Waals surface area contributed by atoms with Crippen molar-refractivity contribution in [2.45, 2.75) is 5.33 Å². The molecule has 0 unspecified atom stereocenters. The van der Waals surface area contributed by atoms with Crippen molar-refractivity contribution in [1.82, 2.24) is 9.38 Å². The first-order valence-electron chi connectivity index (χ1n) is 5.32. The molecule has 1 aromatic carbocycles. The molecule has 0 aliphatic carbocycles. The van der Waals surface area contributed by atoms with Gasteiger partial charge >= 0.3 is 0 Å². The van der Waals surface area contributed by atoms with Gasteiger partial charge in [0.15, 0.2) is 4.96 Å². The Morgan fingerprint density at radius 2 is 2.26 bits per heavy atom. The Kier molecular flexibility index (Phi) is 3.60. The lowest BCUT2D eigenvalue weighted by Gasteiger charge is -2.06. The van der Waals surface area contributed by atoms with Gasteiger partial charge in [-0.2, -0.15) is 4.98 Å². The van der Waals surface area contributed by atoms with Gasteiger partial charge in [-0.05, 0) is 34.1 Å². The number of alkyl halides is 1. The van der Waals surface area contributed by atoms with Crippen molar-refractivity contribution in [3.63, 3.8) is 0 Å². The number of fused-ring (bicyclic) bond motifs is 1. The largest absolute Gasteiger partial charge is 0.436 e. The van der Waals surface area contributed by atoms with E-state index in [4.69, 9.17) is 4.74 Å². The molecule has 0 N–H and O–H groups in total. The zero-order chi connectivity index (χ0) is 13.4. The lowest BCUT2D eigenvalue weighted by atomic mass is 10.3. The molecule has 3 aromatic rings. The van der Waals surface area contributed by atoms with Crippen LogP contribution >= 0.6 is 43.2 Å². The normalized spacial score (nSPS) is 11.1. The molecule has 0 atom stereocenters. The van der Waals surface area contributed by atoms with Crippen LogP contribution < -0.4 is 4.74 Å². The summed E-state index contributed by atoms with van der Waals surface area (Å²) in [5, 5.41) is 2.59. The van der Waals surface area contributed by atoms with Crippen molar-refractivity contribution >= 4 is 48.2 Å². The van der Waals surface area contributed by atoms with Crippen LogP contribution in [0.4, 0.5) is 4.39 Å². The average molecular weight is 406 g/mol. The average Bonchev–Trinajstić information content (AvgIpc) is 2.92. The predicted molar refractivity (Wildman–Crippen MR) is 79.9 cm³/mol. The number of imidazole rings is 1. The van der Waals surface area contributed by atoms with E-state index in [1.807, 2.05) is 16.0 Å². The molecular weight excluding hydrogens is 399 g/mol. The smallest absolute Gasteiger partial charge is 0.243 e. The van der Waals surface area contributed by atoms with E-state index in [0.29, 0.717) is 21.4 Å². The first-order valence-corrected chi connectivity index (χ1v) is 8.11. The summed E-state index contributed by atoms with van der Waals surface area (Å²) in [4.78, 5) is 5.28. The Hall–Kier alpha value is -0.920. The van der Waals surface area contributed by atoms with Gasteiger partial charge < -0.3 is 4.74 Å². The van der Waals surface area contributed by atoms with Gasteiger partial charge in [0, 0.05) is 16.9 Å². The Balaban J connectivity index is 2.02. The van der Waals surface area contributed by atoms with Gasteiger partial charge in [0.25, 0.3) is 0 Å². The van der Waals surface area contributed by atoms with Crippen LogP contribution in [0.25, 0.3) is 4.96 Å². The molecule has 0 aliphatic rings. The van der Waals surface area contributed by atoms with Gasteiger partial charge in [0.05, 0.1) is 10.2 Å². The van der Waals surface area contributed by atoms with Gasteiger partial charge in [0.1, 0.15) is 11.6 Å². The van der Waals surface area contributed by atoms with Crippen LogP contribution in [0.2, 0.25) is 0 Å². The van der Waals surface area contributed by atoms with Crippen LogP contribution in [-0.4, -0.2) is 9.38 Å². The van der Waals surface area contributed by atoms with Gasteiger partial charge in [-0.3, -0.25) is 4.40 Å². The summed E-state index contributed by atoms with van der Waals surface area (Å²) < 4.78 is 21.3. The minimum atomic E-state index is -0.314. The third-order valence-electron chi connectivity index (χ3n) is 2.55. The molecule has 0 aliphatic heterocycles. The first kappa shape index (κ1) is 13.1. The summed E-state index contributed by atoms with van der Waals surface area (Å²) in [7, 11) is 0. The van der Waals surface area contributed by atoms with Crippen molar-refractivity contribution in [1.29, 1.82) is 0 Å². The number of halogens is 3. The summed E-state index contributed by atoms with van der Waals surface area (Å²) in [5.41, 5.74) is 0.924. The first-order chi connectivity index (χ1) is 9.19. The highest BCUT2D eigenvalue weighted by atomic mass is 79.9. The highest BCUT2D eigenvalue weighted by Crippen LogP contribution is 2.33. The van der Waals surface area contributed by atoms with E-state index in [1.54, 1.807) is 6.07 Å². The van der Waals surface area contributed by atoms with E-state index in [0.717, 1.165) is 10.7 Å². The molecule has 0 saturated heterocycles. The second-order valence-electron chi connectivity index (χ2n) is 3.73. The summed E-state index contributed by atoms with van der Waals surface area (Å²) in [5.74, 6) is 0.746. The summed E-state index contributed by atoms with van der Waals surface area (Å²) in [6, 6.07) is 4.29. The fraction of sp³-hybridized carbons (Fsp3) is 0.0833. The number of ether oxygens (including phenoxy) is 1. The molecule has 2 heterocycles. The monoisotopic (exact) mass is 404 g/mol. The Morgan fingerprint density at radius 1 is 1.42 bits per heavy atom. The van der Waals surface area contributed by atoms with Crippen LogP contribution in [0, 0.1) is 5.82 Å². The topological polar surface area (TPSA) is 26.5 Å². The Labute approximate surface area is 129 Å². The zero-order valence-corrected chi connectivity index (χ0v) is 13.4. The third kappa shape index (κ3) is 2.42. The number of benzene rings is 1. The van der Waals surface area contributed by atoms with Crippen LogP contribution in [0.5, 0.6) is 11.6 Å². The Morgan fingerprint density at radius 3 is 3.00 bits per heavy atom. The molecule has 2 aromatic heterocycles. The van der Waals surface area contributed by atoms with Crippen LogP contribution in [0.15, 0.2) is 34.2 Å². The van der Waals surface area contributed by atoms with Crippen molar-refractivity contribution in [2.75, 3.05) is 0 Å². The number of hydrogen-bond donors (Lipinski definition) is 0. The maximum Gasteiger partial charge on any atom is 0.243 e. The SMILES string of the molecule is Fc1ccc(Oc2nc3sccn3c2CBr)c(Br)c1. The summed E-state index contributed by atoms with van der Waals surface area (Å²) >= 11 is 8.24. The lowest BCUT2D eigenvalue weighted by Crippen LogP contribution is -1.92. The number of nitrogens with zero attached hydrogens (tertiary/aromatic N) is 2. The molecule has 98 valence electrons. The quantitative estimate of drug-likeness (QED) is 0.574. The van der Waals surface area contributed by atoms with Crippen LogP contribution in [-0.2, 0) is 5.33 Å². The fourth-order valence-electron chi connectivity index (χ4n) is 1.68. The van der Waals surface area contributed by atoms with E-state index in [1.165, 1.54) is 23.5 Å². The highest BCUT2D eigenvalue weighted by molar-refractivity contribution is 9.10. The van der Waals surface area contributed by atoms with E-state index in [9.17, 15) is 4.39 Å². The molecule has 0 radical (unpaired) electrons. The molecule has 0 spiro atoms. The zero-order valence-electron chi connectivity index (χ0n) is 9.44. The van der Waals surface area contributed by atoms with Crippen LogP contribution in [0.3, 0.4) is 0 Å². The Bertz CT molecular complexity index is 740. The minimum absolute atomic E-state index is 0.314. The fourth-order valence-corrected chi connectivity index (χ4v) is 3.34. The second kappa shape index (κ2) is 5.22. The van der Waals surface area contributed by atoms with E-state index in [-0.39, 0.29) is 5.82 Å². The molecular formula is C12H7Br2FN2OS. The van der Waals surface area contributed by atoms with E-state index < -0.39 is 0 Å². The molecule has 0 amide bonds. The number of thiazole rings is 1. The molecule has 0 saturated carbocycles. The standard InChI is InChI=1S/C12H7Br2FN2OS/c13-6-9-11(16-12-17(9)3-4-19-12)18-10-2-1-7(15)5-8(10)14/h1-5H,6H2. The van der Waals surface area contributed by atoms with Crippen molar-refractivity contribution < 1.29 is 9.13 Å². The molecule has 3 nitrogen and oxygen atoms in total. The maximum absolute atomic E-state index is 13.0.